The third-order valence-corrected chi connectivity index (χ3v) is 2.63. The molecule has 0 unspecified atom stereocenters. The molecule has 0 spiro atoms. The number of aliphatic imine (C=N–C) groups is 1. The number of pyridine rings is 1. The molecule has 1 aromatic heterocycles. The van der Waals surface area contributed by atoms with Crippen molar-refractivity contribution in [3.8, 4) is 0 Å². The summed E-state index contributed by atoms with van der Waals surface area (Å²) in [6, 6.07) is 5.31. The van der Waals surface area contributed by atoms with Crippen LogP contribution in [0.1, 0.15) is 0 Å². The summed E-state index contributed by atoms with van der Waals surface area (Å²) in [6.07, 6.45) is 1.19. The second-order valence-corrected chi connectivity index (χ2v) is 3.98. The van der Waals surface area contributed by atoms with Crippen LogP contribution in [-0.4, -0.2) is 16.6 Å². The molecule has 0 saturated heterocycles. The second kappa shape index (κ2) is 3.97. The lowest BCUT2D eigenvalue weighted by atomic mass is 10.2. The van der Waals surface area contributed by atoms with Crippen LogP contribution < -0.4 is 0 Å². The first kappa shape index (κ1) is 10.7. The highest BCUT2D eigenvalue weighted by molar-refractivity contribution is 9.10. The van der Waals surface area contributed by atoms with E-state index in [4.69, 9.17) is 0 Å². The number of hydrogen-bond acceptors (Lipinski definition) is 4. The Balaban J connectivity index is 2.88. The number of nitro groups is 1. The van der Waals surface area contributed by atoms with E-state index < -0.39 is 4.92 Å². The van der Waals surface area contributed by atoms with E-state index in [1.807, 2.05) is 6.07 Å². The molecule has 16 heavy (non-hydrogen) atoms. The number of nitrogens with zero attached hydrogens (tertiary/aromatic N) is 3. The van der Waals surface area contributed by atoms with E-state index in [0.717, 1.165) is 4.47 Å². The average Bonchev–Trinajstić information content (AvgIpc) is 2.27. The first-order valence-corrected chi connectivity index (χ1v) is 5.12. The summed E-state index contributed by atoms with van der Waals surface area (Å²) >= 11 is 3.30. The standard InChI is InChI=1S/C10H6BrN3O2/c1-12-10-7-4-6(11)2-3-8(7)13-5-9(10)14(15)16/h2-5H,1H2. The highest BCUT2D eigenvalue weighted by Gasteiger charge is 2.16. The van der Waals surface area contributed by atoms with E-state index in [-0.39, 0.29) is 11.4 Å². The minimum atomic E-state index is -0.517. The lowest BCUT2D eigenvalue weighted by molar-refractivity contribution is -0.384. The van der Waals surface area contributed by atoms with Crippen LogP contribution in [0.2, 0.25) is 0 Å². The largest absolute Gasteiger partial charge is 0.313 e. The van der Waals surface area contributed by atoms with Gasteiger partial charge in [0.1, 0.15) is 6.20 Å². The van der Waals surface area contributed by atoms with Crippen LogP contribution in [-0.2, 0) is 0 Å². The number of fused-ring (bicyclic) bond motifs is 1. The van der Waals surface area contributed by atoms with Crippen molar-refractivity contribution < 1.29 is 4.92 Å². The van der Waals surface area contributed by atoms with E-state index >= 15 is 0 Å². The molecule has 0 saturated carbocycles. The van der Waals surface area contributed by atoms with Gasteiger partial charge in [0.15, 0.2) is 5.69 Å². The van der Waals surface area contributed by atoms with Crippen LogP contribution in [0.4, 0.5) is 11.4 Å². The molecule has 1 aromatic carbocycles. The first-order chi connectivity index (χ1) is 7.63. The topological polar surface area (TPSA) is 68.4 Å². The summed E-state index contributed by atoms with van der Waals surface area (Å²) in [7, 11) is 0. The third kappa shape index (κ3) is 1.67. The van der Waals surface area contributed by atoms with E-state index in [2.05, 4.69) is 32.6 Å². The van der Waals surface area contributed by atoms with Gasteiger partial charge in [0.05, 0.1) is 10.4 Å². The molecule has 0 fully saturated rings. The molecule has 2 aromatic rings. The number of halogens is 1. The molecule has 0 bridgehead atoms. The summed E-state index contributed by atoms with van der Waals surface area (Å²) in [5.74, 6) is 0. The summed E-state index contributed by atoms with van der Waals surface area (Å²) < 4.78 is 0.812. The van der Waals surface area contributed by atoms with Crippen molar-refractivity contribution in [2.45, 2.75) is 0 Å². The monoisotopic (exact) mass is 279 g/mol. The zero-order chi connectivity index (χ0) is 11.7. The van der Waals surface area contributed by atoms with Crippen molar-refractivity contribution in [3.63, 3.8) is 0 Å². The molecular formula is C10H6BrN3O2. The van der Waals surface area contributed by atoms with Crippen molar-refractivity contribution in [1.82, 2.24) is 4.98 Å². The van der Waals surface area contributed by atoms with Crippen molar-refractivity contribution in [2.24, 2.45) is 4.99 Å². The van der Waals surface area contributed by atoms with Gasteiger partial charge in [-0.05, 0) is 24.9 Å². The van der Waals surface area contributed by atoms with Gasteiger partial charge in [-0.1, -0.05) is 15.9 Å². The summed E-state index contributed by atoms with van der Waals surface area (Å²) in [6.45, 7) is 3.36. The molecule has 0 atom stereocenters. The maximum Gasteiger partial charge on any atom is 0.313 e. The Kier molecular flexibility index (Phi) is 2.66. The van der Waals surface area contributed by atoms with E-state index in [1.54, 1.807) is 12.1 Å². The van der Waals surface area contributed by atoms with Crippen LogP contribution >= 0.6 is 15.9 Å². The van der Waals surface area contributed by atoms with Gasteiger partial charge in [-0.15, -0.1) is 0 Å². The maximum absolute atomic E-state index is 10.8. The van der Waals surface area contributed by atoms with Gasteiger partial charge in [0.25, 0.3) is 0 Å². The Bertz CT molecular complexity index is 598. The Morgan fingerprint density at radius 1 is 1.50 bits per heavy atom. The van der Waals surface area contributed by atoms with Crippen molar-refractivity contribution >= 4 is 44.9 Å². The number of aromatic nitrogens is 1. The maximum atomic E-state index is 10.8. The van der Waals surface area contributed by atoms with Crippen LogP contribution in [0, 0.1) is 10.1 Å². The number of benzene rings is 1. The molecule has 6 heteroatoms. The van der Waals surface area contributed by atoms with E-state index in [9.17, 15) is 10.1 Å². The summed E-state index contributed by atoms with van der Waals surface area (Å²) in [5, 5.41) is 11.4. The van der Waals surface area contributed by atoms with Crippen molar-refractivity contribution in [3.05, 3.63) is 39.0 Å². The van der Waals surface area contributed by atoms with Crippen LogP contribution in [0.15, 0.2) is 33.9 Å². The van der Waals surface area contributed by atoms with Crippen LogP contribution in [0.25, 0.3) is 10.9 Å². The minimum Gasteiger partial charge on any atom is -0.258 e. The molecule has 1 heterocycles. The molecule has 0 radical (unpaired) electrons. The molecule has 0 amide bonds. The van der Waals surface area contributed by atoms with Gasteiger partial charge >= 0.3 is 5.69 Å². The predicted octanol–water partition coefficient (Wildman–Crippen LogP) is 3.24. The average molecular weight is 280 g/mol. The Morgan fingerprint density at radius 2 is 2.25 bits per heavy atom. The first-order valence-electron chi connectivity index (χ1n) is 4.33. The highest BCUT2D eigenvalue weighted by atomic mass is 79.9. The van der Waals surface area contributed by atoms with Gasteiger partial charge in [-0.3, -0.25) is 15.1 Å². The lowest BCUT2D eigenvalue weighted by Crippen LogP contribution is -1.91. The van der Waals surface area contributed by atoms with Crippen LogP contribution in [0.5, 0.6) is 0 Å². The minimum absolute atomic E-state index is 0.138. The highest BCUT2D eigenvalue weighted by Crippen LogP contribution is 2.34. The van der Waals surface area contributed by atoms with Gasteiger partial charge in [0.2, 0.25) is 0 Å². The van der Waals surface area contributed by atoms with Gasteiger partial charge in [-0.2, -0.15) is 0 Å². The number of rotatable bonds is 2. The summed E-state index contributed by atoms with van der Waals surface area (Å²) in [4.78, 5) is 18.0. The molecule has 0 aliphatic rings. The van der Waals surface area contributed by atoms with Crippen molar-refractivity contribution in [2.75, 3.05) is 0 Å². The van der Waals surface area contributed by atoms with E-state index in [1.165, 1.54) is 6.20 Å². The third-order valence-electron chi connectivity index (χ3n) is 2.14. The predicted molar refractivity (Wildman–Crippen MR) is 65.3 cm³/mol. The molecule has 2 rings (SSSR count). The van der Waals surface area contributed by atoms with Gasteiger partial charge in [-0.25, -0.2) is 4.98 Å². The summed E-state index contributed by atoms with van der Waals surface area (Å²) in [5.41, 5.74) is 0.758. The number of hydrogen-bond donors (Lipinski definition) is 0. The fraction of sp³-hybridized carbons (Fsp3) is 0. The molecule has 0 aliphatic carbocycles. The van der Waals surface area contributed by atoms with Crippen molar-refractivity contribution in [1.29, 1.82) is 0 Å². The zero-order valence-electron chi connectivity index (χ0n) is 8.05. The Morgan fingerprint density at radius 3 is 2.88 bits per heavy atom. The SMILES string of the molecule is C=Nc1c([N+](=O)[O-])cnc2ccc(Br)cc12. The Hall–Kier alpha value is -1.82. The second-order valence-electron chi connectivity index (χ2n) is 3.07. The fourth-order valence-corrected chi connectivity index (χ4v) is 1.80. The smallest absolute Gasteiger partial charge is 0.258 e. The van der Waals surface area contributed by atoms with Gasteiger partial charge in [0, 0.05) is 9.86 Å². The Labute approximate surface area is 99.1 Å². The quantitative estimate of drug-likeness (QED) is 0.481. The molecular weight excluding hydrogens is 274 g/mol. The van der Waals surface area contributed by atoms with Gasteiger partial charge < -0.3 is 0 Å². The molecule has 0 aliphatic heterocycles. The zero-order valence-corrected chi connectivity index (χ0v) is 9.64. The fourth-order valence-electron chi connectivity index (χ4n) is 1.44. The lowest BCUT2D eigenvalue weighted by Gasteiger charge is -2.02. The molecule has 5 nitrogen and oxygen atoms in total. The molecule has 0 N–H and O–H groups in total. The van der Waals surface area contributed by atoms with Crippen LogP contribution in [0.3, 0.4) is 0 Å². The normalized spacial score (nSPS) is 10.3. The molecule has 80 valence electrons. The van der Waals surface area contributed by atoms with E-state index in [0.29, 0.717) is 10.9 Å².